The largest absolute Gasteiger partial charge is 0.454 e. The molecule has 0 aromatic heterocycles. The molecular weight excluding hydrogens is 299 g/mol. The third-order valence-electron chi connectivity index (χ3n) is 2.97. The summed E-state index contributed by atoms with van der Waals surface area (Å²) in [7, 11) is 0. The molecule has 20 heavy (non-hydrogen) atoms. The first-order valence-corrected chi connectivity index (χ1v) is 6.63. The quantitative estimate of drug-likeness (QED) is 0.828. The van der Waals surface area contributed by atoms with Gasteiger partial charge in [-0.3, -0.25) is 4.79 Å². The standard InChI is InChI=1S/C14H10Cl2N2O2/c15-8-1-2-12(9(16)5-8)20-13-6-11-7(3-10(13)17)4-14(19)18-11/h1-3,5-6H,4,17H2,(H,18,19). The van der Waals surface area contributed by atoms with E-state index >= 15 is 0 Å². The molecule has 102 valence electrons. The molecule has 0 saturated carbocycles. The Hall–Kier alpha value is -1.91. The number of anilines is 2. The van der Waals surface area contributed by atoms with Gasteiger partial charge >= 0.3 is 0 Å². The molecule has 0 spiro atoms. The number of carbonyl (C=O) groups excluding carboxylic acids is 1. The van der Waals surface area contributed by atoms with Crippen LogP contribution in [-0.4, -0.2) is 5.91 Å². The van der Waals surface area contributed by atoms with Crippen molar-refractivity contribution in [1.29, 1.82) is 0 Å². The molecule has 0 aliphatic carbocycles. The number of hydrogen-bond acceptors (Lipinski definition) is 3. The highest BCUT2D eigenvalue weighted by atomic mass is 35.5. The van der Waals surface area contributed by atoms with Crippen LogP contribution >= 0.6 is 23.2 Å². The van der Waals surface area contributed by atoms with E-state index < -0.39 is 0 Å². The maximum absolute atomic E-state index is 11.3. The van der Waals surface area contributed by atoms with Gasteiger partial charge in [0.05, 0.1) is 17.1 Å². The number of halogens is 2. The van der Waals surface area contributed by atoms with E-state index in [1.807, 2.05) is 0 Å². The van der Waals surface area contributed by atoms with Crippen molar-refractivity contribution in [2.45, 2.75) is 6.42 Å². The Labute approximate surface area is 125 Å². The lowest BCUT2D eigenvalue weighted by Gasteiger charge is -2.11. The summed E-state index contributed by atoms with van der Waals surface area (Å²) in [5, 5.41) is 3.66. The molecule has 1 aliphatic heterocycles. The molecule has 1 heterocycles. The van der Waals surface area contributed by atoms with Crippen LogP contribution in [0.3, 0.4) is 0 Å². The first kappa shape index (κ1) is 13.1. The number of hydrogen-bond donors (Lipinski definition) is 2. The van der Waals surface area contributed by atoms with Crippen molar-refractivity contribution in [3.8, 4) is 11.5 Å². The highest BCUT2D eigenvalue weighted by Gasteiger charge is 2.20. The van der Waals surface area contributed by atoms with Crippen LogP contribution in [0.25, 0.3) is 0 Å². The van der Waals surface area contributed by atoms with Crippen LogP contribution in [0.4, 0.5) is 11.4 Å². The Balaban J connectivity index is 1.95. The summed E-state index contributed by atoms with van der Waals surface area (Å²) < 4.78 is 5.69. The van der Waals surface area contributed by atoms with Crippen molar-refractivity contribution in [3.05, 3.63) is 45.9 Å². The van der Waals surface area contributed by atoms with Crippen molar-refractivity contribution in [2.24, 2.45) is 0 Å². The van der Waals surface area contributed by atoms with Gasteiger partial charge in [0, 0.05) is 16.8 Å². The van der Waals surface area contributed by atoms with Gasteiger partial charge in [-0.05, 0) is 29.8 Å². The zero-order chi connectivity index (χ0) is 14.3. The molecule has 0 bridgehead atoms. The van der Waals surface area contributed by atoms with Crippen LogP contribution in [0.15, 0.2) is 30.3 Å². The summed E-state index contributed by atoms with van der Waals surface area (Å²) in [5.41, 5.74) is 7.96. The average Bonchev–Trinajstić information content (AvgIpc) is 2.72. The Morgan fingerprint density at radius 3 is 2.70 bits per heavy atom. The van der Waals surface area contributed by atoms with E-state index in [0.717, 1.165) is 5.56 Å². The highest BCUT2D eigenvalue weighted by molar-refractivity contribution is 6.35. The Bertz CT molecular complexity index is 717. The van der Waals surface area contributed by atoms with Gasteiger partial charge in [0.15, 0.2) is 5.75 Å². The van der Waals surface area contributed by atoms with Crippen molar-refractivity contribution in [1.82, 2.24) is 0 Å². The van der Waals surface area contributed by atoms with Gasteiger partial charge in [0.1, 0.15) is 5.75 Å². The summed E-state index contributed by atoms with van der Waals surface area (Å²) in [5.74, 6) is 0.836. The van der Waals surface area contributed by atoms with Crippen LogP contribution in [0, 0.1) is 0 Å². The predicted octanol–water partition coefficient (Wildman–Crippen LogP) is 3.86. The molecule has 4 nitrogen and oxygen atoms in total. The number of fused-ring (bicyclic) bond motifs is 1. The first-order valence-electron chi connectivity index (χ1n) is 5.88. The topological polar surface area (TPSA) is 64.3 Å². The molecule has 0 saturated heterocycles. The van der Waals surface area contributed by atoms with Gasteiger partial charge in [0.2, 0.25) is 5.91 Å². The molecule has 2 aromatic rings. The van der Waals surface area contributed by atoms with E-state index in [-0.39, 0.29) is 5.91 Å². The molecule has 0 radical (unpaired) electrons. The highest BCUT2D eigenvalue weighted by Crippen LogP contribution is 2.38. The summed E-state index contributed by atoms with van der Waals surface area (Å²) in [6, 6.07) is 8.35. The van der Waals surface area contributed by atoms with Crippen LogP contribution < -0.4 is 15.8 Å². The summed E-state index contributed by atoms with van der Waals surface area (Å²) >= 11 is 11.9. The monoisotopic (exact) mass is 308 g/mol. The number of nitrogens with two attached hydrogens (primary N) is 1. The zero-order valence-electron chi connectivity index (χ0n) is 10.2. The Morgan fingerprint density at radius 1 is 1.15 bits per heavy atom. The number of ether oxygens (including phenoxy) is 1. The summed E-state index contributed by atoms with van der Waals surface area (Å²) in [6.45, 7) is 0. The second-order valence-corrected chi connectivity index (χ2v) is 5.29. The number of nitrogen functional groups attached to an aromatic ring is 1. The zero-order valence-corrected chi connectivity index (χ0v) is 11.8. The lowest BCUT2D eigenvalue weighted by molar-refractivity contribution is -0.115. The number of nitrogens with one attached hydrogen (secondary N) is 1. The van der Waals surface area contributed by atoms with Crippen molar-refractivity contribution in [3.63, 3.8) is 0 Å². The van der Waals surface area contributed by atoms with Crippen molar-refractivity contribution >= 4 is 40.5 Å². The summed E-state index contributed by atoms with van der Waals surface area (Å²) in [4.78, 5) is 11.3. The van der Waals surface area contributed by atoms with Gasteiger partial charge in [-0.25, -0.2) is 0 Å². The van der Waals surface area contributed by atoms with E-state index in [0.29, 0.717) is 39.3 Å². The second kappa shape index (κ2) is 4.89. The van der Waals surface area contributed by atoms with Gasteiger partial charge in [0.25, 0.3) is 0 Å². The minimum atomic E-state index is -0.0546. The first-order chi connectivity index (χ1) is 9.52. The molecule has 3 rings (SSSR count). The molecule has 0 fully saturated rings. The Kier molecular flexibility index (Phi) is 3.20. The van der Waals surface area contributed by atoms with Gasteiger partial charge in [-0.1, -0.05) is 23.2 Å². The normalized spacial score (nSPS) is 13.0. The molecule has 6 heteroatoms. The fourth-order valence-corrected chi connectivity index (χ4v) is 2.49. The van der Waals surface area contributed by atoms with Crippen molar-refractivity contribution in [2.75, 3.05) is 11.1 Å². The van der Waals surface area contributed by atoms with Crippen LogP contribution in [0.2, 0.25) is 10.0 Å². The number of carbonyl (C=O) groups is 1. The molecule has 0 atom stereocenters. The number of amides is 1. The molecule has 0 unspecified atom stereocenters. The molecule has 2 aromatic carbocycles. The predicted molar refractivity (Wildman–Crippen MR) is 79.7 cm³/mol. The van der Waals surface area contributed by atoms with Gasteiger partial charge in [-0.15, -0.1) is 0 Å². The van der Waals surface area contributed by atoms with E-state index in [2.05, 4.69) is 5.32 Å². The van der Waals surface area contributed by atoms with E-state index in [9.17, 15) is 4.79 Å². The Morgan fingerprint density at radius 2 is 1.95 bits per heavy atom. The van der Waals surface area contributed by atoms with E-state index in [4.69, 9.17) is 33.7 Å². The van der Waals surface area contributed by atoms with Gasteiger partial charge < -0.3 is 15.8 Å². The minimum absolute atomic E-state index is 0.0546. The van der Waals surface area contributed by atoms with E-state index in [1.165, 1.54) is 0 Å². The second-order valence-electron chi connectivity index (χ2n) is 4.45. The maximum Gasteiger partial charge on any atom is 0.228 e. The molecular formula is C14H10Cl2N2O2. The summed E-state index contributed by atoms with van der Waals surface area (Å²) in [6.07, 6.45) is 0.335. The number of benzene rings is 2. The van der Waals surface area contributed by atoms with Crippen LogP contribution in [-0.2, 0) is 11.2 Å². The average molecular weight is 309 g/mol. The third-order valence-corrected chi connectivity index (χ3v) is 3.51. The van der Waals surface area contributed by atoms with Crippen LogP contribution in [0.5, 0.6) is 11.5 Å². The lowest BCUT2D eigenvalue weighted by Crippen LogP contribution is -2.03. The number of rotatable bonds is 2. The molecule has 1 aliphatic rings. The maximum atomic E-state index is 11.3. The fraction of sp³-hybridized carbons (Fsp3) is 0.0714. The third kappa shape index (κ3) is 2.40. The van der Waals surface area contributed by atoms with Crippen LogP contribution in [0.1, 0.15) is 5.56 Å². The van der Waals surface area contributed by atoms with Gasteiger partial charge in [-0.2, -0.15) is 0 Å². The smallest absolute Gasteiger partial charge is 0.228 e. The van der Waals surface area contributed by atoms with E-state index in [1.54, 1.807) is 30.3 Å². The molecule has 1 amide bonds. The SMILES string of the molecule is Nc1cc2c(cc1Oc1ccc(Cl)cc1Cl)NC(=O)C2. The minimum Gasteiger partial charge on any atom is -0.454 e. The molecule has 3 N–H and O–H groups in total. The van der Waals surface area contributed by atoms with Crippen molar-refractivity contribution < 1.29 is 9.53 Å². The lowest BCUT2D eigenvalue weighted by atomic mass is 10.1. The fourth-order valence-electron chi connectivity index (χ4n) is 2.04.